The standard InChI is InChI=1S/C15H20N4S/c1-10-7-19(8-11(2)20-10)9-14-17-13-6-4-3-5-12(13)15(16)18-14/h3-6,10-11H,7-9H2,1-2H3,(H2,16,17,18). The molecule has 4 nitrogen and oxygen atoms in total. The van der Waals surface area contributed by atoms with Gasteiger partial charge < -0.3 is 5.73 Å². The fourth-order valence-electron chi connectivity index (χ4n) is 2.84. The Morgan fingerprint density at radius 3 is 2.65 bits per heavy atom. The molecular formula is C15H20N4S. The maximum absolute atomic E-state index is 6.04. The number of benzene rings is 1. The number of thioether (sulfide) groups is 1. The fraction of sp³-hybridized carbons (Fsp3) is 0.467. The highest BCUT2D eigenvalue weighted by molar-refractivity contribution is 8.00. The van der Waals surface area contributed by atoms with Crippen LogP contribution in [0.15, 0.2) is 24.3 Å². The van der Waals surface area contributed by atoms with Crippen molar-refractivity contribution in [3.05, 3.63) is 30.1 Å². The van der Waals surface area contributed by atoms with Crippen LogP contribution in [0.5, 0.6) is 0 Å². The van der Waals surface area contributed by atoms with E-state index in [0.717, 1.165) is 36.4 Å². The summed E-state index contributed by atoms with van der Waals surface area (Å²) in [6.07, 6.45) is 0. The summed E-state index contributed by atoms with van der Waals surface area (Å²) in [4.78, 5) is 11.5. The summed E-state index contributed by atoms with van der Waals surface area (Å²) in [6.45, 7) is 7.52. The SMILES string of the molecule is CC1CN(Cc2nc(N)c3ccccc3n2)CC(C)S1. The predicted molar refractivity (Wildman–Crippen MR) is 85.7 cm³/mol. The molecule has 2 atom stereocenters. The molecule has 0 bridgehead atoms. The maximum Gasteiger partial charge on any atom is 0.145 e. The quantitative estimate of drug-likeness (QED) is 0.920. The van der Waals surface area contributed by atoms with Gasteiger partial charge in [0.05, 0.1) is 12.1 Å². The molecule has 1 aromatic carbocycles. The number of hydrogen-bond donors (Lipinski definition) is 1. The third kappa shape index (κ3) is 2.88. The molecule has 2 unspecified atom stereocenters. The van der Waals surface area contributed by atoms with E-state index in [2.05, 4.69) is 40.5 Å². The number of para-hydroxylation sites is 1. The molecule has 1 saturated heterocycles. The monoisotopic (exact) mass is 288 g/mol. The Morgan fingerprint density at radius 2 is 1.90 bits per heavy atom. The van der Waals surface area contributed by atoms with Crippen LogP contribution in [-0.2, 0) is 6.54 Å². The van der Waals surface area contributed by atoms with Gasteiger partial charge in [0.2, 0.25) is 0 Å². The van der Waals surface area contributed by atoms with Gasteiger partial charge >= 0.3 is 0 Å². The summed E-state index contributed by atoms with van der Waals surface area (Å²) in [5.41, 5.74) is 6.98. The number of fused-ring (bicyclic) bond motifs is 1. The van der Waals surface area contributed by atoms with Crippen molar-refractivity contribution in [3.8, 4) is 0 Å². The molecule has 20 heavy (non-hydrogen) atoms. The lowest BCUT2D eigenvalue weighted by Crippen LogP contribution is -2.40. The number of rotatable bonds is 2. The van der Waals surface area contributed by atoms with Gasteiger partial charge in [-0.3, -0.25) is 4.90 Å². The highest BCUT2D eigenvalue weighted by Crippen LogP contribution is 2.26. The molecule has 1 fully saturated rings. The van der Waals surface area contributed by atoms with Crippen molar-refractivity contribution in [1.82, 2.24) is 14.9 Å². The molecule has 2 aromatic rings. The summed E-state index contributed by atoms with van der Waals surface area (Å²) >= 11 is 2.05. The lowest BCUT2D eigenvalue weighted by molar-refractivity contribution is 0.257. The van der Waals surface area contributed by atoms with Crippen molar-refractivity contribution >= 4 is 28.5 Å². The molecular weight excluding hydrogens is 268 g/mol. The Balaban J connectivity index is 1.84. The molecule has 3 rings (SSSR count). The van der Waals surface area contributed by atoms with E-state index < -0.39 is 0 Å². The number of nitrogen functional groups attached to an aromatic ring is 1. The first kappa shape index (κ1) is 13.6. The molecule has 106 valence electrons. The molecule has 0 radical (unpaired) electrons. The van der Waals surface area contributed by atoms with Crippen molar-refractivity contribution in [3.63, 3.8) is 0 Å². The van der Waals surface area contributed by atoms with Gasteiger partial charge in [-0.1, -0.05) is 26.0 Å². The summed E-state index contributed by atoms with van der Waals surface area (Å²) in [5, 5.41) is 2.26. The fourth-order valence-corrected chi connectivity index (χ4v) is 4.22. The number of nitrogens with zero attached hydrogens (tertiary/aromatic N) is 3. The zero-order chi connectivity index (χ0) is 14.1. The minimum absolute atomic E-state index is 0.582. The third-order valence-electron chi connectivity index (χ3n) is 3.54. The summed E-state index contributed by atoms with van der Waals surface area (Å²) < 4.78 is 0. The summed E-state index contributed by atoms with van der Waals surface area (Å²) in [7, 11) is 0. The second kappa shape index (κ2) is 5.58. The van der Waals surface area contributed by atoms with E-state index in [4.69, 9.17) is 5.73 Å². The van der Waals surface area contributed by atoms with E-state index in [0.29, 0.717) is 16.3 Å². The molecule has 0 aliphatic carbocycles. The van der Waals surface area contributed by atoms with Gasteiger partial charge in [0.15, 0.2) is 0 Å². The Hall–Kier alpha value is -1.33. The van der Waals surface area contributed by atoms with E-state index in [1.807, 2.05) is 24.3 Å². The molecule has 1 aliphatic rings. The van der Waals surface area contributed by atoms with Crippen molar-refractivity contribution in [2.24, 2.45) is 0 Å². The third-order valence-corrected chi connectivity index (χ3v) is 4.77. The van der Waals surface area contributed by atoms with E-state index in [9.17, 15) is 0 Å². The molecule has 0 amide bonds. The number of anilines is 1. The number of hydrogen-bond acceptors (Lipinski definition) is 5. The molecule has 5 heteroatoms. The largest absolute Gasteiger partial charge is 0.383 e. The van der Waals surface area contributed by atoms with Crippen LogP contribution >= 0.6 is 11.8 Å². The molecule has 2 heterocycles. The van der Waals surface area contributed by atoms with Gasteiger partial charge in [-0.2, -0.15) is 11.8 Å². The van der Waals surface area contributed by atoms with Crippen LogP contribution in [0.25, 0.3) is 10.9 Å². The molecule has 0 spiro atoms. The summed E-state index contributed by atoms with van der Waals surface area (Å²) in [6, 6.07) is 7.91. The topological polar surface area (TPSA) is 55.0 Å². The van der Waals surface area contributed by atoms with Gasteiger partial charge in [-0.25, -0.2) is 9.97 Å². The van der Waals surface area contributed by atoms with Crippen LogP contribution in [0.4, 0.5) is 5.82 Å². The summed E-state index contributed by atoms with van der Waals surface area (Å²) in [5.74, 6) is 1.41. The zero-order valence-corrected chi connectivity index (χ0v) is 12.7. The van der Waals surface area contributed by atoms with E-state index in [1.165, 1.54) is 0 Å². The Kier molecular flexibility index (Phi) is 3.81. The molecule has 1 aromatic heterocycles. The van der Waals surface area contributed by atoms with Crippen molar-refractivity contribution in [2.45, 2.75) is 30.9 Å². The van der Waals surface area contributed by atoms with Crippen molar-refractivity contribution in [1.29, 1.82) is 0 Å². The Bertz CT molecular complexity index is 606. The lowest BCUT2D eigenvalue weighted by Gasteiger charge is -2.34. The van der Waals surface area contributed by atoms with Gasteiger partial charge in [0.25, 0.3) is 0 Å². The number of aromatic nitrogens is 2. The van der Waals surface area contributed by atoms with Crippen molar-refractivity contribution in [2.75, 3.05) is 18.8 Å². The van der Waals surface area contributed by atoms with E-state index in [-0.39, 0.29) is 0 Å². The highest BCUT2D eigenvalue weighted by atomic mass is 32.2. The maximum atomic E-state index is 6.04. The predicted octanol–water partition coefficient (Wildman–Crippen LogP) is 2.54. The first-order valence-electron chi connectivity index (χ1n) is 7.01. The first-order chi connectivity index (χ1) is 9.61. The van der Waals surface area contributed by atoms with Gasteiger partial charge in [-0.05, 0) is 12.1 Å². The second-order valence-corrected chi connectivity index (χ2v) is 7.38. The second-order valence-electron chi connectivity index (χ2n) is 5.49. The average molecular weight is 288 g/mol. The van der Waals surface area contributed by atoms with Crippen LogP contribution in [0, 0.1) is 0 Å². The van der Waals surface area contributed by atoms with Gasteiger partial charge in [0.1, 0.15) is 11.6 Å². The van der Waals surface area contributed by atoms with Crippen LogP contribution in [0.1, 0.15) is 19.7 Å². The highest BCUT2D eigenvalue weighted by Gasteiger charge is 2.23. The van der Waals surface area contributed by atoms with Crippen LogP contribution in [0.3, 0.4) is 0 Å². The molecule has 2 N–H and O–H groups in total. The van der Waals surface area contributed by atoms with Gasteiger partial charge in [0, 0.05) is 29.0 Å². The Labute approximate surface area is 123 Å². The zero-order valence-electron chi connectivity index (χ0n) is 11.9. The average Bonchev–Trinajstić information content (AvgIpc) is 2.37. The van der Waals surface area contributed by atoms with E-state index in [1.54, 1.807) is 0 Å². The number of nitrogens with two attached hydrogens (primary N) is 1. The smallest absolute Gasteiger partial charge is 0.145 e. The van der Waals surface area contributed by atoms with E-state index >= 15 is 0 Å². The minimum atomic E-state index is 0.582. The normalized spacial score (nSPS) is 24.1. The molecule has 0 saturated carbocycles. The van der Waals surface area contributed by atoms with Crippen LogP contribution < -0.4 is 5.73 Å². The van der Waals surface area contributed by atoms with Crippen LogP contribution in [0.2, 0.25) is 0 Å². The van der Waals surface area contributed by atoms with Crippen molar-refractivity contribution < 1.29 is 0 Å². The lowest BCUT2D eigenvalue weighted by atomic mass is 10.2. The van der Waals surface area contributed by atoms with Gasteiger partial charge in [-0.15, -0.1) is 0 Å². The minimum Gasteiger partial charge on any atom is -0.383 e. The Morgan fingerprint density at radius 1 is 1.20 bits per heavy atom. The van der Waals surface area contributed by atoms with Crippen LogP contribution in [-0.4, -0.2) is 38.5 Å². The molecule has 1 aliphatic heterocycles. The first-order valence-corrected chi connectivity index (χ1v) is 7.95.